The summed E-state index contributed by atoms with van der Waals surface area (Å²) in [5, 5.41) is 16.4. The van der Waals surface area contributed by atoms with E-state index >= 15 is 0 Å². The maximum Gasteiger partial charge on any atom is 0.269 e. The smallest absolute Gasteiger partial charge is 0.269 e. The van der Waals surface area contributed by atoms with Gasteiger partial charge in [0.15, 0.2) is 5.78 Å². The fourth-order valence-electron chi connectivity index (χ4n) is 4.28. The molecule has 9 nitrogen and oxygen atoms in total. The number of fused-ring (bicyclic) bond motifs is 2. The lowest BCUT2D eigenvalue weighted by atomic mass is 10.0. The zero-order chi connectivity index (χ0) is 24.4. The predicted octanol–water partition coefficient (Wildman–Crippen LogP) is 2.46. The van der Waals surface area contributed by atoms with Gasteiger partial charge in [0.2, 0.25) is 0 Å². The van der Waals surface area contributed by atoms with Gasteiger partial charge in [-0.1, -0.05) is 6.07 Å². The Morgan fingerprint density at radius 2 is 1.97 bits per heavy atom. The predicted molar refractivity (Wildman–Crippen MR) is 128 cm³/mol. The van der Waals surface area contributed by atoms with Crippen molar-refractivity contribution in [3.05, 3.63) is 71.4 Å². The maximum atomic E-state index is 12.9. The highest BCUT2D eigenvalue weighted by atomic mass is 19.1. The summed E-state index contributed by atoms with van der Waals surface area (Å²) in [6.07, 6.45) is 3.31. The van der Waals surface area contributed by atoms with Crippen molar-refractivity contribution in [3.63, 3.8) is 0 Å². The first-order valence-corrected chi connectivity index (χ1v) is 11.4. The zero-order valence-electron chi connectivity index (χ0n) is 19.2. The highest BCUT2D eigenvalue weighted by Crippen LogP contribution is 2.29. The second-order valence-corrected chi connectivity index (χ2v) is 8.41. The first-order valence-electron chi connectivity index (χ1n) is 11.4. The minimum atomic E-state index is -0.367. The molecule has 0 saturated heterocycles. The molecule has 3 aromatic heterocycles. The minimum Gasteiger partial charge on any atom is -0.354 e. The number of halogens is 1. The zero-order valence-corrected chi connectivity index (χ0v) is 19.2. The average Bonchev–Trinajstić information content (AvgIpc) is 3.31. The van der Waals surface area contributed by atoms with Crippen LogP contribution in [-0.2, 0) is 19.5 Å². The van der Waals surface area contributed by atoms with Gasteiger partial charge < -0.3 is 5.32 Å². The van der Waals surface area contributed by atoms with Crippen LogP contribution in [-0.4, -0.2) is 68.4 Å². The number of aromatic nitrogens is 5. The van der Waals surface area contributed by atoms with Crippen molar-refractivity contribution in [1.29, 1.82) is 0 Å². The topological polar surface area (TPSA) is 106 Å². The number of hydrogen-bond acceptors (Lipinski definition) is 7. The second-order valence-electron chi connectivity index (χ2n) is 8.41. The lowest BCUT2D eigenvalue weighted by Crippen LogP contribution is -2.35. The summed E-state index contributed by atoms with van der Waals surface area (Å²) in [6.45, 7) is 2.22. The van der Waals surface area contributed by atoms with Gasteiger partial charge in [0.05, 0.1) is 36.1 Å². The number of amides is 1. The van der Waals surface area contributed by atoms with Gasteiger partial charge in [-0.2, -0.15) is 15.3 Å². The molecule has 1 aromatic carbocycles. The van der Waals surface area contributed by atoms with E-state index in [-0.39, 0.29) is 30.5 Å². The number of carbonyl (C=O) groups excluding carboxylic acids is 2. The number of ketones is 1. The number of alkyl halides is 1. The van der Waals surface area contributed by atoms with E-state index < -0.39 is 0 Å². The number of Topliss-reactive ketones (excluding diaryl/α,β-unsaturated/α-hetero) is 1. The Kier molecular flexibility index (Phi) is 6.28. The maximum absolute atomic E-state index is 12.9. The van der Waals surface area contributed by atoms with E-state index in [0.717, 1.165) is 40.8 Å². The first-order chi connectivity index (χ1) is 17.1. The van der Waals surface area contributed by atoms with Crippen LogP contribution >= 0.6 is 0 Å². The van der Waals surface area contributed by atoms with Gasteiger partial charge in [0.25, 0.3) is 5.91 Å². The van der Waals surface area contributed by atoms with E-state index in [4.69, 9.17) is 0 Å². The van der Waals surface area contributed by atoms with Crippen molar-refractivity contribution < 1.29 is 14.0 Å². The van der Waals surface area contributed by atoms with Crippen LogP contribution in [0.3, 0.4) is 0 Å². The molecule has 4 aromatic rings. The molecule has 1 aliphatic rings. The number of nitrogens with zero attached hydrogens (tertiary/aromatic N) is 6. The summed E-state index contributed by atoms with van der Waals surface area (Å²) in [5.74, 6) is -0.473. The van der Waals surface area contributed by atoms with E-state index in [2.05, 4.69) is 30.5 Å². The number of rotatable bonds is 7. The Hall–Kier alpha value is -4.05. The van der Waals surface area contributed by atoms with Crippen molar-refractivity contribution in [2.45, 2.75) is 19.5 Å². The largest absolute Gasteiger partial charge is 0.354 e. The quantitative estimate of drug-likeness (QED) is 0.411. The van der Waals surface area contributed by atoms with Crippen LogP contribution in [0, 0.1) is 0 Å². The highest BCUT2D eigenvalue weighted by Gasteiger charge is 2.21. The van der Waals surface area contributed by atoms with Crippen LogP contribution in [0.25, 0.3) is 22.0 Å². The van der Waals surface area contributed by atoms with Gasteiger partial charge in [0.1, 0.15) is 12.4 Å². The van der Waals surface area contributed by atoms with Gasteiger partial charge in [-0.3, -0.25) is 24.2 Å². The minimum absolute atomic E-state index is 0.0650. The van der Waals surface area contributed by atoms with Crippen LogP contribution in [0.15, 0.2) is 48.8 Å². The number of carbonyl (C=O) groups is 2. The Morgan fingerprint density at radius 1 is 1.09 bits per heavy atom. The number of hydrogen-bond donors (Lipinski definition) is 1. The summed E-state index contributed by atoms with van der Waals surface area (Å²) >= 11 is 0. The fraction of sp³-hybridized carbons (Fsp3) is 0.280. The number of pyridine rings is 1. The average molecular weight is 474 g/mol. The van der Waals surface area contributed by atoms with Crippen molar-refractivity contribution in [3.8, 4) is 11.1 Å². The molecule has 5 rings (SSSR count). The van der Waals surface area contributed by atoms with E-state index in [9.17, 15) is 14.0 Å². The molecule has 1 aliphatic heterocycles. The van der Waals surface area contributed by atoms with E-state index in [0.29, 0.717) is 24.3 Å². The molecule has 1 amide bonds. The fourth-order valence-corrected chi connectivity index (χ4v) is 4.28. The van der Waals surface area contributed by atoms with Crippen molar-refractivity contribution in [1.82, 2.24) is 35.2 Å². The molecule has 0 atom stereocenters. The molecule has 0 aliphatic carbocycles. The van der Waals surface area contributed by atoms with Crippen molar-refractivity contribution in [2.75, 3.05) is 26.8 Å². The summed E-state index contributed by atoms with van der Waals surface area (Å²) in [7, 11) is 1.52. The van der Waals surface area contributed by atoms with Crippen LogP contribution in [0.5, 0.6) is 0 Å². The number of benzene rings is 1. The lowest BCUT2D eigenvalue weighted by molar-refractivity contribution is 0.0953. The van der Waals surface area contributed by atoms with Crippen LogP contribution in [0.4, 0.5) is 4.39 Å². The van der Waals surface area contributed by atoms with Gasteiger partial charge in [-0.25, -0.2) is 4.39 Å². The molecule has 0 spiro atoms. The normalized spacial score (nSPS) is 13.5. The molecule has 0 radical (unpaired) electrons. The van der Waals surface area contributed by atoms with Crippen molar-refractivity contribution >= 4 is 22.6 Å². The standard InChI is InChI=1S/C25H24FN7O2/c1-27-25(35)22-5-3-17(13-28-22)24(34)12-19-11-18-10-16(2-4-21(18)31-30-19)20-14-29-33-9-8-32(7-6-26)15-23(20)33/h2-5,10-11,13-14H,6-9,12,15H2,1H3,(H,27,35). The monoisotopic (exact) mass is 473 g/mol. The third kappa shape index (κ3) is 4.65. The summed E-state index contributed by atoms with van der Waals surface area (Å²) < 4.78 is 14.8. The SMILES string of the molecule is CNC(=O)c1ccc(C(=O)Cc2cc3cc(-c4cnn5c4CN(CCF)CC5)ccc3nn2)cn1. The van der Waals surface area contributed by atoms with Gasteiger partial charge in [0, 0.05) is 49.4 Å². The molecule has 1 N–H and O–H groups in total. The molecular formula is C25H24FN7O2. The molecule has 0 bridgehead atoms. The van der Waals surface area contributed by atoms with Gasteiger partial charge in [-0.15, -0.1) is 0 Å². The molecule has 178 valence electrons. The third-order valence-electron chi connectivity index (χ3n) is 6.18. The second kappa shape index (κ2) is 9.67. The van der Waals surface area contributed by atoms with Gasteiger partial charge in [-0.05, 0) is 35.9 Å². The number of nitrogens with one attached hydrogen (secondary N) is 1. The molecule has 0 saturated carbocycles. The molecule has 10 heteroatoms. The Morgan fingerprint density at radius 3 is 2.74 bits per heavy atom. The Balaban J connectivity index is 1.38. The van der Waals surface area contributed by atoms with Crippen LogP contribution in [0.1, 0.15) is 32.2 Å². The Bertz CT molecular complexity index is 1400. The summed E-state index contributed by atoms with van der Waals surface area (Å²) in [6, 6.07) is 10.9. The highest BCUT2D eigenvalue weighted by molar-refractivity contribution is 5.98. The van der Waals surface area contributed by atoms with E-state index in [1.54, 1.807) is 6.07 Å². The Labute approximate surface area is 201 Å². The van der Waals surface area contributed by atoms with E-state index in [1.165, 1.54) is 19.3 Å². The molecule has 0 unspecified atom stereocenters. The molecule has 35 heavy (non-hydrogen) atoms. The lowest BCUT2D eigenvalue weighted by Gasteiger charge is -2.27. The first kappa shape index (κ1) is 22.7. The van der Waals surface area contributed by atoms with Gasteiger partial charge >= 0.3 is 0 Å². The summed E-state index contributed by atoms with van der Waals surface area (Å²) in [4.78, 5) is 30.5. The van der Waals surface area contributed by atoms with Crippen LogP contribution in [0.2, 0.25) is 0 Å². The third-order valence-corrected chi connectivity index (χ3v) is 6.18. The molecule has 4 heterocycles. The van der Waals surface area contributed by atoms with Crippen LogP contribution < -0.4 is 5.32 Å². The van der Waals surface area contributed by atoms with Crippen molar-refractivity contribution in [2.24, 2.45) is 0 Å². The molecule has 0 fully saturated rings. The molecular weight excluding hydrogens is 449 g/mol. The van der Waals surface area contributed by atoms with E-state index in [1.807, 2.05) is 35.1 Å². The summed E-state index contributed by atoms with van der Waals surface area (Å²) in [5.41, 5.74) is 4.97.